The maximum Gasteiger partial charge on any atom is 0.265 e. The number of rotatable bonds is 23. The van der Waals surface area contributed by atoms with Crippen LogP contribution in [0.5, 0.6) is 23.0 Å². The van der Waals surface area contributed by atoms with Crippen LogP contribution >= 0.6 is 47.8 Å². The zero-order valence-electron chi connectivity index (χ0n) is 79.0. The van der Waals surface area contributed by atoms with E-state index in [1.54, 1.807) is 54.6 Å². The Bertz CT molecular complexity index is 8030. The van der Waals surface area contributed by atoms with E-state index in [-0.39, 0.29) is 82.2 Å². The van der Waals surface area contributed by atoms with Gasteiger partial charge in [0.25, 0.3) is 50.1 Å². The van der Waals surface area contributed by atoms with Crippen LogP contribution in [0, 0.1) is 34.9 Å². The highest BCUT2D eigenvalue weighted by atomic mass is 79.9. The number of methoxy groups -OCH3 is 4. The number of hydrogen-bond acceptors (Lipinski definition) is 19. The van der Waals surface area contributed by atoms with Crippen LogP contribution in [0.25, 0.3) is 0 Å². The molecule has 0 saturated heterocycles. The maximum atomic E-state index is 14.5. The van der Waals surface area contributed by atoms with E-state index in [2.05, 4.69) is 71.4 Å². The maximum absolute atomic E-state index is 14.5. The summed E-state index contributed by atoms with van der Waals surface area (Å²) in [5.74, 6) is -3.68. The van der Waals surface area contributed by atoms with Gasteiger partial charge in [0.05, 0.1) is 72.6 Å². The summed E-state index contributed by atoms with van der Waals surface area (Å²) in [7, 11) is -15.2. The standard InChI is InChI=1S/2C26H24FNO4S.2C19H17BrFNO4S.C18H14BrF2NO3S.2CH4/c1-32-20-8-9-24(23(27)15-20)33(30,31)28-19-13-18(12-17-6-3-2-4-7-17)21-16-25(29)26(10-5-11-26)22(21)14-19;1-32-23-14-19(27)8-9-24(23)33(30,31)28-20-13-18(12-17-6-3-2-4-7-17)21-16-25(29)26(10-5-11-26)22(21)15-20;1-26-12-3-4-17(16(21)9-12)27(24,25)22-11-7-14-13(15(20)8-11)10-18(23)19(14)5-2-6-19;1-26-16-7-11(21)3-4-17(16)27(24,25)22-12-8-14-13(15(20)9-12)10-18(23)19(14)5-2-6-19;19-14-8-11(7-13-12(14)9-17(23)18(13)4-1-5-18)22-26(24,25)16-3-2-10(20)6-15(16)21;;/h2*2-4,6-9,13-15,28H,5,10-12,16H2,1H3;2*3-4,7-9,22H,2,5-6,10H2,1H3;2-3,6-8,22H,1,4-5,9H2;2*1H4. The summed E-state index contributed by atoms with van der Waals surface area (Å²) >= 11 is 10.3. The number of ketones is 5. The molecule has 12 aromatic carbocycles. The third-order valence-corrected chi connectivity index (χ3v) is 39.1. The lowest BCUT2D eigenvalue weighted by Gasteiger charge is -2.38. The van der Waals surface area contributed by atoms with E-state index in [1.807, 2.05) is 66.7 Å². The number of carbonyl (C=O) groups is 5. The van der Waals surface area contributed by atoms with E-state index in [9.17, 15) is 92.4 Å². The molecule has 148 heavy (non-hydrogen) atoms. The average molecular weight is 2310 g/mol. The fourth-order valence-corrected chi connectivity index (χ4v) is 29.1. The van der Waals surface area contributed by atoms with Gasteiger partial charge in [-0.15, -0.1) is 0 Å². The number of carbonyl (C=O) groups excluding carboxylic acids is 5. The monoisotopic (exact) mass is 2310 g/mol. The molecule has 0 amide bonds. The molecule has 22 rings (SSSR count). The Morgan fingerprint density at radius 2 is 0.514 bits per heavy atom. The summed E-state index contributed by atoms with van der Waals surface area (Å²) in [4.78, 5) is 61.5. The van der Waals surface area contributed by atoms with Gasteiger partial charge in [-0.05, 0) is 276 Å². The van der Waals surface area contributed by atoms with Crippen molar-refractivity contribution in [3.05, 3.63) is 339 Å². The minimum atomic E-state index is -4.23. The van der Waals surface area contributed by atoms with E-state index < -0.39 is 127 Å². The molecular weight excluding hydrogens is 2210 g/mol. The first-order valence-electron chi connectivity index (χ1n) is 46.9. The molecule has 5 fully saturated rings. The van der Waals surface area contributed by atoms with Crippen LogP contribution in [-0.4, -0.2) is 99.4 Å². The molecule has 5 N–H and O–H groups in total. The van der Waals surface area contributed by atoms with Crippen LogP contribution < -0.4 is 42.6 Å². The number of Topliss-reactive ketones (excluding diaryl/α,β-unsaturated/α-hetero) is 5. The molecule has 0 aromatic heterocycles. The van der Waals surface area contributed by atoms with Crippen LogP contribution in [0.4, 0.5) is 54.8 Å². The molecule has 5 saturated carbocycles. The van der Waals surface area contributed by atoms with Crippen LogP contribution in [-0.2, 0) is 146 Å². The van der Waals surface area contributed by atoms with Crippen LogP contribution in [0.15, 0.2) is 250 Å². The van der Waals surface area contributed by atoms with Gasteiger partial charge in [-0.2, -0.15) is 0 Å². The summed E-state index contributed by atoms with van der Waals surface area (Å²) in [5.41, 5.74) is 12.4. The van der Waals surface area contributed by atoms with Gasteiger partial charge in [-0.25, -0.2) is 68.4 Å². The van der Waals surface area contributed by atoms with Gasteiger partial charge < -0.3 is 18.9 Å². The van der Waals surface area contributed by atoms with E-state index in [0.717, 1.165) is 235 Å². The quantitative estimate of drug-likeness (QED) is 0.0371. The topological polar surface area (TPSA) is 353 Å². The molecule has 5 spiro atoms. The Morgan fingerprint density at radius 3 is 0.764 bits per heavy atom. The molecule has 0 aliphatic heterocycles. The predicted molar refractivity (Wildman–Crippen MR) is 561 cm³/mol. The number of nitrogens with one attached hydrogen (secondary N) is 5. The SMILES string of the molecule is C.C.COc1cc(F)ccc1S(=O)(=O)Nc1cc(Br)c2c(c1)C1(CCC1)C(=O)C2.COc1cc(F)ccc1S(=O)(=O)Nc1cc(Cc2ccccc2)c2c(c1)C1(CCC1)C(=O)C2.COc1ccc(S(=O)(=O)Nc2cc(Br)c3c(c2)C2(CCC2)C(=O)C3)c(F)c1.COc1ccc(S(=O)(=O)Nc2cc(Cc3ccccc3)c3c(c2)C2(CCC2)C(=O)C3)c(F)c1.O=C1Cc2c(Br)cc(NS(=O)(=O)c3ccc(F)cc3F)cc2C12CCC2. The zero-order valence-corrected chi connectivity index (χ0v) is 87.8. The Labute approximate surface area is 880 Å². The highest BCUT2D eigenvalue weighted by molar-refractivity contribution is 9.11. The highest BCUT2D eigenvalue weighted by Crippen LogP contribution is 2.58. The molecule has 0 radical (unpaired) electrons. The number of fused-ring (bicyclic) bond motifs is 10. The van der Waals surface area contributed by atoms with Crippen molar-refractivity contribution in [2.75, 3.05) is 52.0 Å². The number of benzene rings is 12. The smallest absolute Gasteiger partial charge is 0.265 e. The van der Waals surface area contributed by atoms with Crippen molar-refractivity contribution in [2.24, 2.45) is 0 Å². The second-order valence-corrected chi connectivity index (χ2v) is 48.9. The molecule has 0 bridgehead atoms. The summed E-state index contributed by atoms with van der Waals surface area (Å²) < 4.78 is 246. The first-order chi connectivity index (χ1) is 69.4. The van der Waals surface area contributed by atoms with Gasteiger partial charge in [0, 0.05) is 87.2 Å². The van der Waals surface area contributed by atoms with E-state index in [4.69, 9.17) is 18.9 Å². The van der Waals surface area contributed by atoms with Crippen molar-refractivity contribution in [1.82, 2.24) is 0 Å². The molecule has 12 aromatic rings. The lowest BCUT2D eigenvalue weighted by atomic mass is 9.64. The average Bonchev–Trinajstić information content (AvgIpc) is 1.58. The first-order valence-corrected chi connectivity index (χ1v) is 56.7. The number of hydrogen-bond donors (Lipinski definition) is 5. The molecule has 0 unspecified atom stereocenters. The molecule has 10 aliphatic carbocycles. The normalized spacial score (nSPS) is 16.8. The van der Waals surface area contributed by atoms with E-state index >= 15 is 0 Å². The summed E-state index contributed by atoms with van der Waals surface area (Å²) in [6.45, 7) is 0. The molecule has 0 atom stereocenters. The van der Waals surface area contributed by atoms with Crippen molar-refractivity contribution >= 4 is 155 Å². The fourth-order valence-electron chi connectivity index (χ4n) is 21.6. The summed E-state index contributed by atoms with van der Waals surface area (Å²) in [6, 6.07) is 52.9. The molecule has 0 heterocycles. The molecule has 24 nitrogen and oxygen atoms in total. The summed E-state index contributed by atoms with van der Waals surface area (Å²) in [6.07, 6.45) is 15.7. The van der Waals surface area contributed by atoms with Crippen molar-refractivity contribution in [2.45, 2.75) is 208 Å². The van der Waals surface area contributed by atoms with Crippen molar-refractivity contribution < 1.29 is 111 Å². The van der Waals surface area contributed by atoms with Gasteiger partial charge in [-0.1, -0.05) is 155 Å². The van der Waals surface area contributed by atoms with Gasteiger partial charge in [-0.3, -0.25) is 47.6 Å². The predicted octanol–water partition coefficient (Wildman–Crippen LogP) is 22.8. The van der Waals surface area contributed by atoms with Gasteiger partial charge in [0.2, 0.25) is 0 Å². The second kappa shape index (κ2) is 42.1. The Morgan fingerprint density at radius 1 is 0.277 bits per heavy atom. The first kappa shape index (κ1) is 109. The van der Waals surface area contributed by atoms with Gasteiger partial charge in [0.1, 0.15) is 111 Å². The minimum absolute atomic E-state index is 0. The third-order valence-electron chi connectivity index (χ3n) is 29.8. The number of halogens is 9. The van der Waals surface area contributed by atoms with Crippen LogP contribution in [0.3, 0.4) is 0 Å². The third kappa shape index (κ3) is 20.5. The van der Waals surface area contributed by atoms with E-state index in [0.29, 0.717) is 87.2 Å². The number of anilines is 5. The lowest BCUT2D eigenvalue weighted by molar-refractivity contribution is -0.126. The Balaban J connectivity index is 0.000000132. The molecule has 776 valence electrons. The molecular formula is C110H104Br3F6N5O19S5. The number of sulfonamides is 5. The largest absolute Gasteiger partial charge is 0.497 e. The van der Waals surface area contributed by atoms with Crippen LogP contribution in [0.2, 0.25) is 0 Å². The second-order valence-electron chi connectivity index (χ2n) is 38.1. The van der Waals surface area contributed by atoms with Crippen LogP contribution in [0.1, 0.15) is 189 Å². The minimum Gasteiger partial charge on any atom is -0.497 e. The summed E-state index contributed by atoms with van der Waals surface area (Å²) in [5, 5.41) is 0. The van der Waals surface area contributed by atoms with Crippen molar-refractivity contribution in [1.29, 1.82) is 0 Å². The lowest BCUT2D eigenvalue weighted by Crippen LogP contribution is -2.39. The van der Waals surface area contributed by atoms with Gasteiger partial charge >= 0.3 is 0 Å². The fraction of sp³-hybridized carbons (Fsp3) is 0.300. The Hall–Kier alpha value is -12.0. The van der Waals surface area contributed by atoms with Gasteiger partial charge in [0.15, 0.2) is 0 Å². The molecule has 10 aliphatic rings. The Kier molecular flexibility index (Phi) is 30.9. The highest BCUT2D eigenvalue weighted by Gasteiger charge is 2.56. The van der Waals surface area contributed by atoms with Crippen molar-refractivity contribution in [3.63, 3.8) is 0 Å². The number of ether oxygens (including phenoxy) is 4. The van der Waals surface area contributed by atoms with Crippen molar-refractivity contribution in [3.8, 4) is 23.0 Å². The zero-order chi connectivity index (χ0) is 104. The molecule has 38 heteroatoms. The van der Waals surface area contributed by atoms with E-state index in [1.165, 1.54) is 52.7 Å².